The van der Waals surface area contributed by atoms with Crippen LogP contribution >= 0.6 is 0 Å². The lowest BCUT2D eigenvalue weighted by atomic mass is 10.2. The fourth-order valence-electron chi connectivity index (χ4n) is 2.29. The molecule has 2 unspecified atom stereocenters. The summed E-state index contributed by atoms with van der Waals surface area (Å²) in [6.07, 6.45) is 0.809. The second-order valence-corrected chi connectivity index (χ2v) is 4.92. The largest absolute Gasteiger partial charge is 0.339 e. The van der Waals surface area contributed by atoms with Crippen molar-refractivity contribution in [2.75, 3.05) is 0 Å². The Bertz CT molecular complexity index is 833. The molecule has 0 N–H and O–H groups in total. The molecule has 1 saturated carbocycles. The van der Waals surface area contributed by atoms with E-state index >= 15 is 0 Å². The van der Waals surface area contributed by atoms with Crippen molar-refractivity contribution >= 4 is 10.9 Å². The summed E-state index contributed by atoms with van der Waals surface area (Å²) in [6.45, 7) is 0. The lowest BCUT2D eigenvalue weighted by Gasteiger charge is -1.98. The first kappa shape index (κ1) is 11.1. The van der Waals surface area contributed by atoms with Crippen LogP contribution in [0.4, 0.5) is 0 Å². The summed E-state index contributed by atoms with van der Waals surface area (Å²) in [6, 6.07) is 14.0. The molecule has 2 aromatic heterocycles. The third kappa shape index (κ3) is 1.74. The van der Waals surface area contributed by atoms with Gasteiger partial charge >= 0.3 is 0 Å². The highest BCUT2D eigenvalue weighted by Crippen LogP contribution is 2.46. The number of aromatic nitrogens is 3. The molecule has 0 radical (unpaired) electrons. The number of nitriles is 1. The van der Waals surface area contributed by atoms with Crippen molar-refractivity contribution in [3.8, 4) is 17.6 Å². The standard InChI is InChI=1S/C15H10N4O/c16-8-10-7-11(10)15-18-14(19-20-15)13-6-5-9-3-1-2-4-12(9)17-13/h1-6,10-11H,7H2. The van der Waals surface area contributed by atoms with Crippen molar-refractivity contribution in [1.29, 1.82) is 5.26 Å². The molecule has 5 nitrogen and oxygen atoms in total. The molecule has 4 rings (SSSR count). The highest BCUT2D eigenvalue weighted by molar-refractivity contribution is 5.80. The Morgan fingerprint density at radius 2 is 2.05 bits per heavy atom. The van der Waals surface area contributed by atoms with Crippen molar-refractivity contribution in [3.05, 3.63) is 42.3 Å². The van der Waals surface area contributed by atoms with E-state index in [4.69, 9.17) is 9.78 Å². The van der Waals surface area contributed by atoms with Crippen LogP contribution in [0.1, 0.15) is 18.2 Å². The molecule has 0 aliphatic heterocycles. The van der Waals surface area contributed by atoms with Crippen LogP contribution in [0.2, 0.25) is 0 Å². The first-order chi connectivity index (χ1) is 9.85. The Kier molecular flexibility index (Phi) is 2.30. The first-order valence-electron chi connectivity index (χ1n) is 6.44. The summed E-state index contributed by atoms with van der Waals surface area (Å²) >= 11 is 0. The van der Waals surface area contributed by atoms with Crippen LogP contribution in [-0.4, -0.2) is 15.1 Å². The number of fused-ring (bicyclic) bond motifs is 1. The number of rotatable bonds is 2. The molecule has 0 amide bonds. The fraction of sp³-hybridized carbons (Fsp3) is 0.200. The fourth-order valence-corrected chi connectivity index (χ4v) is 2.29. The molecule has 2 heterocycles. The highest BCUT2D eigenvalue weighted by Gasteiger charge is 2.43. The van der Waals surface area contributed by atoms with E-state index in [0.717, 1.165) is 17.3 Å². The summed E-state index contributed by atoms with van der Waals surface area (Å²) in [7, 11) is 0. The van der Waals surface area contributed by atoms with Crippen molar-refractivity contribution in [2.24, 2.45) is 5.92 Å². The monoisotopic (exact) mass is 262 g/mol. The Balaban J connectivity index is 1.71. The van der Waals surface area contributed by atoms with Crippen LogP contribution in [0.3, 0.4) is 0 Å². The second-order valence-electron chi connectivity index (χ2n) is 4.92. The molecule has 1 aliphatic rings. The van der Waals surface area contributed by atoms with Gasteiger partial charge in [0.2, 0.25) is 11.7 Å². The lowest BCUT2D eigenvalue weighted by molar-refractivity contribution is 0.378. The van der Waals surface area contributed by atoms with E-state index in [1.165, 1.54) is 0 Å². The molecule has 0 saturated heterocycles. The summed E-state index contributed by atoms with van der Waals surface area (Å²) in [5.41, 5.74) is 1.59. The Labute approximate surface area is 114 Å². The van der Waals surface area contributed by atoms with E-state index in [0.29, 0.717) is 17.4 Å². The second kappa shape index (κ2) is 4.14. The number of pyridine rings is 1. The zero-order valence-corrected chi connectivity index (χ0v) is 10.5. The third-order valence-corrected chi connectivity index (χ3v) is 3.54. The van der Waals surface area contributed by atoms with Gasteiger partial charge in [0.05, 0.1) is 23.4 Å². The molecule has 2 atom stereocenters. The van der Waals surface area contributed by atoms with E-state index in [1.54, 1.807) is 0 Å². The van der Waals surface area contributed by atoms with E-state index < -0.39 is 0 Å². The molecule has 0 bridgehead atoms. The molecule has 96 valence electrons. The van der Waals surface area contributed by atoms with Gasteiger partial charge in [0, 0.05) is 5.39 Å². The normalized spacial score (nSPS) is 20.8. The van der Waals surface area contributed by atoms with E-state index in [2.05, 4.69) is 21.2 Å². The average molecular weight is 262 g/mol. The molecular formula is C15H10N4O. The van der Waals surface area contributed by atoms with E-state index in [-0.39, 0.29) is 11.8 Å². The van der Waals surface area contributed by atoms with Crippen molar-refractivity contribution < 1.29 is 4.52 Å². The van der Waals surface area contributed by atoms with Gasteiger partial charge in [-0.05, 0) is 18.6 Å². The van der Waals surface area contributed by atoms with Crippen LogP contribution in [0.25, 0.3) is 22.4 Å². The van der Waals surface area contributed by atoms with Crippen LogP contribution < -0.4 is 0 Å². The van der Waals surface area contributed by atoms with E-state index in [1.807, 2.05) is 36.4 Å². The van der Waals surface area contributed by atoms with Gasteiger partial charge in [0.1, 0.15) is 5.69 Å². The smallest absolute Gasteiger partial charge is 0.231 e. The molecule has 5 heteroatoms. The third-order valence-electron chi connectivity index (χ3n) is 3.54. The van der Waals surface area contributed by atoms with Gasteiger partial charge in [-0.2, -0.15) is 10.2 Å². The van der Waals surface area contributed by atoms with Crippen molar-refractivity contribution in [1.82, 2.24) is 15.1 Å². The zero-order valence-electron chi connectivity index (χ0n) is 10.5. The maximum absolute atomic E-state index is 8.83. The molecule has 1 aromatic carbocycles. The first-order valence-corrected chi connectivity index (χ1v) is 6.44. The summed E-state index contributed by atoms with van der Waals surface area (Å²) < 4.78 is 5.23. The van der Waals surface area contributed by atoms with Crippen LogP contribution in [0.5, 0.6) is 0 Å². The number of hydrogen-bond acceptors (Lipinski definition) is 5. The minimum atomic E-state index is 0.0212. The number of nitrogens with zero attached hydrogens (tertiary/aromatic N) is 4. The van der Waals surface area contributed by atoms with Crippen molar-refractivity contribution in [3.63, 3.8) is 0 Å². The maximum atomic E-state index is 8.83. The zero-order chi connectivity index (χ0) is 13.5. The van der Waals surface area contributed by atoms with Gasteiger partial charge in [-0.25, -0.2) is 4.98 Å². The SMILES string of the molecule is N#CC1CC1c1nc(-c2ccc3ccccc3n2)no1. The lowest BCUT2D eigenvalue weighted by Crippen LogP contribution is -1.88. The predicted molar refractivity (Wildman–Crippen MR) is 71.5 cm³/mol. The van der Waals surface area contributed by atoms with Crippen LogP contribution in [0.15, 0.2) is 40.9 Å². The minimum absolute atomic E-state index is 0.0212. The summed E-state index contributed by atoms with van der Waals surface area (Å²) in [5, 5.41) is 13.9. The summed E-state index contributed by atoms with van der Waals surface area (Å²) in [5.74, 6) is 1.14. The minimum Gasteiger partial charge on any atom is -0.339 e. The Hall–Kier alpha value is -2.74. The molecule has 1 aliphatic carbocycles. The number of benzene rings is 1. The van der Waals surface area contributed by atoms with Gasteiger partial charge in [0.15, 0.2) is 0 Å². The van der Waals surface area contributed by atoms with Gasteiger partial charge in [0.25, 0.3) is 0 Å². The molecule has 1 fully saturated rings. The van der Waals surface area contributed by atoms with Crippen molar-refractivity contribution in [2.45, 2.75) is 12.3 Å². The average Bonchev–Trinajstić information content (AvgIpc) is 3.14. The Morgan fingerprint density at radius 3 is 2.90 bits per heavy atom. The van der Waals surface area contributed by atoms with Gasteiger partial charge in [-0.3, -0.25) is 0 Å². The predicted octanol–water partition coefficient (Wildman–Crippen LogP) is 2.91. The number of hydrogen-bond donors (Lipinski definition) is 0. The quantitative estimate of drug-likeness (QED) is 0.709. The number of para-hydroxylation sites is 1. The molecule has 20 heavy (non-hydrogen) atoms. The maximum Gasteiger partial charge on any atom is 0.231 e. The molecular weight excluding hydrogens is 252 g/mol. The van der Waals surface area contributed by atoms with Gasteiger partial charge in [-0.1, -0.05) is 29.4 Å². The molecule has 3 aromatic rings. The topological polar surface area (TPSA) is 75.6 Å². The van der Waals surface area contributed by atoms with Crippen LogP contribution in [0, 0.1) is 17.2 Å². The highest BCUT2D eigenvalue weighted by atomic mass is 16.5. The van der Waals surface area contributed by atoms with Gasteiger partial charge < -0.3 is 4.52 Å². The molecule has 0 spiro atoms. The Morgan fingerprint density at radius 1 is 1.15 bits per heavy atom. The van der Waals surface area contributed by atoms with Gasteiger partial charge in [-0.15, -0.1) is 0 Å². The summed E-state index contributed by atoms with van der Waals surface area (Å²) in [4.78, 5) is 8.88. The van der Waals surface area contributed by atoms with E-state index in [9.17, 15) is 0 Å². The van der Waals surface area contributed by atoms with Crippen LogP contribution in [-0.2, 0) is 0 Å².